The number of rotatable bonds is 6. The van der Waals surface area contributed by atoms with Crippen molar-refractivity contribution in [3.05, 3.63) is 45.8 Å². The van der Waals surface area contributed by atoms with Crippen LogP contribution in [0.25, 0.3) is 0 Å². The monoisotopic (exact) mass is 527 g/mol. The maximum Gasteiger partial charge on any atom is 0.191 e. The summed E-state index contributed by atoms with van der Waals surface area (Å²) in [6.07, 6.45) is 8.14. The van der Waals surface area contributed by atoms with E-state index in [2.05, 4.69) is 63.6 Å². The number of halogens is 1. The van der Waals surface area contributed by atoms with Crippen molar-refractivity contribution in [3.8, 4) is 0 Å². The zero-order chi connectivity index (χ0) is 19.8. The first kappa shape index (κ1) is 23.9. The van der Waals surface area contributed by atoms with Crippen LogP contribution in [0.5, 0.6) is 0 Å². The van der Waals surface area contributed by atoms with Crippen molar-refractivity contribution < 1.29 is 0 Å². The molecule has 0 aromatic carbocycles. The first-order valence-electron chi connectivity index (χ1n) is 10.4. The van der Waals surface area contributed by atoms with Gasteiger partial charge in [-0.15, -0.1) is 35.3 Å². The summed E-state index contributed by atoms with van der Waals surface area (Å²) in [4.78, 5) is 14.2. The molecule has 0 bridgehead atoms. The summed E-state index contributed by atoms with van der Waals surface area (Å²) in [5.41, 5.74) is 1.23. The van der Waals surface area contributed by atoms with Crippen LogP contribution in [0, 0.1) is 6.92 Å². The Morgan fingerprint density at radius 3 is 2.62 bits per heavy atom. The van der Waals surface area contributed by atoms with Crippen LogP contribution in [-0.4, -0.2) is 37.1 Å². The molecular weight excluding hydrogens is 493 g/mol. The summed E-state index contributed by atoms with van der Waals surface area (Å²) in [6.45, 7) is 7.33. The third-order valence-corrected chi connectivity index (χ3v) is 6.13. The molecule has 1 aliphatic rings. The normalized spacial score (nSPS) is 16.0. The molecule has 1 aliphatic heterocycles. The molecule has 0 radical (unpaired) electrons. The first-order valence-corrected chi connectivity index (χ1v) is 11.2. The first-order chi connectivity index (χ1) is 13.6. The van der Waals surface area contributed by atoms with Crippen molar-refractivity contribution >= 4 is 47.1 Å². The van der Waals surface area contributed by atoms with Gasteiger partial charge < -0.3 is 15.5 Å². The lowest BCUT2D eigenvalue weighted by Crippen LogP contribution is -2.42. The zero-order valence-corrected chi connectivity index (χ0v) is 20.9. The number of aromatic nitrogens is 1. The Balaban J connectivity index is 0.00000300. The number of hydrogen-bond donors (Lipinski definition) is 2. The number of aliphatic imine (C=N–C) groups is 1. The van der Waals surface area contributed by atoms with Gasteiger partial charge in [-0.1, -0.05) is 12.8 Å². The number of hydrogen-bond acceptors (Lipinski definition) is 4. The van der Waals surface area contributed by atoms with Crippen LogP contribution in [-0.2, 0) is 13.0 Å². The van der Waals surface area contributed by atoms with E-state index < -0.39 is 0 Å². The molecule has 1 fully saturated rings. The molecule has 29 heavy (non-hydrogen) atoms. The number of pyridine rings is 1. The van der Waals surface area contributed by atoms with Crippen LogP contribution in [0.2, 0.25) is 0 Å². The smallest absolute Gasteiger partial charge is 0.191 e. The number of nitrogens with one attached hydrogen (secondary N) is 2. The molecule has 0 spiro atoms. The highest BCUT2D eigenvalue weighted by atomic mass is 127. The van der Waals surface area contributed by atoms with Gasteiger partial charge in [-0.25, -0.2) is 4.98 Å². The van der Waals surface area contributed by atoms with Crippen LogP contribution < -0.4 is 15.5 Å². The summed E-state index contributed by atoms with van der Waals surface area (Å²) >= 11 is 1.87. The van der Waals surface area contributed by atoms with E-state index in [0.717, 1.165) is 37.8 Å². The second-order valence-corrected chi connectivity index (χ2v) is 8.98. The molecule has 3 rings (SSSR count). The third-order valence-electron chi connectivity index (χ3n) is 5.11. The predicted molar refractivity (Wildman–Crippen MR) is 136 cm³/mol. The van der Waals surface area contributed by atoms with Crippen molar-refractivity contribution in [2.45, 2.75) is 58.5 Å². The van der Waals surface area contributed by atoms with Gasteiger partial charge >= 0.3 is 0 Å². The topological polar surface area (TPSA) is 52.6 Å². The van der Waals surface area contributed by atoms with Gasteiger partial charge in [0.1, 0.15) is 5.82 Å². The highest BCUT2D eigenvalue weighted by Crippen LogP contribution is 2.18. The Morgan fingerprint density at radius 1 is 1.21 bits per heavy atom. The number of nitrogens with zero attached hydrogens (tertiary/aromatic N) is 3. The minimum Gasteiger partial charge on any atom is -0.357 e. The molecule has 2 aromatic heterocycles. The average Bonchev–Trinajstić information content (AvgIpc) is 2.94. The van der Waals surface area contributed by atoms with Crippen molar-refractivity contribution in [1.82, 2.24) is 15.6 Å². The van der Waals surface area contributed by atoms with Crippen LogP contribution in [0.15, 0.2) is 35.5 Å². The quantitative estimate of drug-likeness (QED) is 0.324. The lowest BCUT2D eigenvalue weighted by Gasteiger charge is -2.22. The van der Waals surface area contributed by atoms with Gasteiger partial charge in [0.2, 0.25) is 0 Å². The average molecular weight is 528 g/mol. The van der Waals surface area contributed by atoms with Gasteiger partial charge in [0.05, 0.1) is 0 Å². The van der Waals surface area contributed by atoms with Gasteiger partial charge in [-0.2, -0.15) is 0 Å². The lowest BCUT2D eigenvalue weighted by atomic mass is 10.2. The SMILES string of the molecule is CN=C(NCc1ccnc(N2CCCCCC2)c1)NC(C)Cc1ccc(C)s1.I. The standard InChI is InChI=1S/C22H33N5S.HI/c1-17(14-20-9-8-18(2)28-20)26-22(23-3)25-16-19-10-11-24-21(15-19)27-12-6-4-5-7-13-27;/h8-11,15,17H,4-7,12-14,16H2,1-3H3,(H2,23,25,26);1H. The van der Waals surface area contributed by atoms with Gasteiger partial charge in [0.25, 0.3) is 0 Å². The van der Waals surface area contributed by atoms with Gasteiger partial charge in [-0.3, -0.25) is 4.99 Å². The fourth-order valence-corrected chi connectivity index (χ4v) is 4.62. The van der Waals surface area contributed by atoms with E-state index in [-0.39, 0.29) is 24.0 Å². The van der Waals surface area contributed by atoms with Crippen molar-refractivity contribution in [2.75, 3.05) is 25.0 Å². The summed E-state index contributed by atoms with van der Waals surface area (Å²) in [5.74, 6) is 1.94. The summed E-state index contributed by atoms with van der Waals surface area (Å²) in [5, 5.41) is 6.95. The van der Waals surface area contributed by atoms with Crippen molar-refractivity contribution in [2.24, 2.45) is 4.99 Å². The Bertz CT molecular complexity index is 768. The molecule has 2 N–H and O–H groups in total. The molecule has 1 saturated heterocycles. The molecule has 160 valence electrons. The van der Waals surface area contributed by atoms with Crippen LogP contribution in [0.3, 0.4) is 0 Å². The molecule has 2 aromatic rings. The second kappa shape index (κ2) is 12.4. The molecule has 0 aliphatic carbocycles. The highest BCUT2D eigenvalue weighted by Gasteiger charge is 2.12. The molecule has 0 amide bonds. The number of thiophene rings is 1. The van der Waals surface area contributed by atoms with Crippen molar-refractivity contribution in [3.63, 3.8) is 0 Å². The summed E-state index contributed by atoms with van der Waals surface area (Å²) in [6, 6.07) is 9.03. The maximum atomic E-state index is 4.60. The Morgan fingerprint density at radius 2 is 1.97 bits per heavy atom. The minimum atomic E-state index is 0. The van der Waals surface area contributed by atoms with E-state index in [1.165, 1.54) is 41.0 Å². The molecular formula is C22H34IN5S. The van der Waals surface area contributed by atoms with Crippen molar-refractivity contribution in [1.29, 1.82) is 0 Å². The van der Waals surface area contributed by atoms with Crippen LogP contribution in [0.1, 0.15) is 47.9 Å². The van der Waals surface area contributed by atoms with Gasteiger partial charge in [-0.05, 0) is 56.5 Å². The van der Waals surface area contributed by atoms with E-state index in [0.29, 0.717) is 6.04 Å². The number of guanidine groups is 1. The molecule has 5 nitrogen and oxygen atoms in total. The van der Waals surface area contributed by atoms with E-state index in [1.54, 1.807) is 0 Å². The molecule has 7 heteroatoms. The van der Waals surface area contributed by atoms with E-state index in [4.69, 9.17) is 0 Å². The minimum absolute atomic E-state index is 0. The van der Waals surface area contributed by atoms with Gasteiger partial charge in [0, 0.05) is 55.1 Å². The molecule has 1 unspecified atom stereocenters. The summed E-state index contributed by atoms with van der Waals surface area (Å²) in [7, 11) is 1.83. The number of aryl methyl sites for hydroxylation is 1. The molecule has 3 heterocycles. The van der Waals surface area contributed by atoms with E-state index in [9.17, 15) is 0 Å². The Labute approximate surface area is 196 Å². The van der Waals surface area contributed by atoms with Crippen LogP contribution in [0.4, 0.5) is 5.82 Å². The highest BCUT2D eigenvalue weighted by molar-refractivity contribution is 14.0. The predicted octanol–water partition coefficient (Wildman–Crippen LogP) is 4.75. The van der Waals surface area contributed by atoms with E-state index in [1.807, 2.05) is 24.6 Å². The van der Waals surface area contributed by atoms with Gasteiger partial charge in [0.15, 0.2) is 5.96 Å². The van der Waals surface area contributed by atoms with Crippen LogP contribution >= 0.6 is 35.3 Å². The molecule has 1 atom stereocenters. The zero-order valence-electron chi connectivity index (χ0n) is 17.8. The lowest BCUT2D eigenvalue weighted by molar-refractivity contribution is 0.645. The maximum absolute atomic E-state index is 4.60. The van der Waals surface area contributed by atoms with E-state index >= 15 is 0 Å². The fraction of sp³-hybridized carbons (Fsp3) is 0.545. The Kier molecular flexibility index (Phi) is 10.2. The summed E-state index contributed by atoms with van der Waals surface area (Å²) < 4.78 is 0. The second-order valence-electron chi connectivity index (χ2n) is 7.61. The Hall–Kier alpha value is -1.35. The largest absolute Gasteiger partial charge is 0.357 e. The fourth-order valence-electron chi connectivity index (χ4n) is 3.60. The number of anilines is 1. The molecule has 0 saturated carbocycles. The third kappa shape index (κ3) is 7.77.